The fourth-order valence-electron chi connectivity index (χ4n) is 2.81. The second kappa shape index (κ2) is 25.5. The van der Waals surface area contributed by atoms with Crippen molar-refractivity contribution in [3.63, 3.8) is 0 Å². The van der Waals surface area contributed by atoms with Crippen LogP contribution in [0, 0.1) is 0 Å². The second-order valence-electron chi connectivity index (χ2n) is 7.77. The van der Waals surface area contributed by atoms with Crippen molar-refractivity contribution in [3.8, 4) is 0 Å². The van der Waals surface area contributed by atoms with Crippen LogP contribution in [0.5, 0.6) is 0 Å². The molecule has 0 amide bonds. The smallest absolute Gasteiger partial charge is 0.379 e. The van der Waals surface area contributed by atoms with Crippen LogP contribution in [0.25, 0.3) is 0 Å². The van der Waals surface area contributed by atoms with Crippen LogP contribution in [-0.4, -0.2) is 87.9 Å². The third kappa shape index (κ3) is 20.5. The molecule has 0 aliphatic carbocycles. The standard InChI is InChI=1S/C23H52N2O6Si/c1-4-7-14-26-17-20-29-32(23-10-12-25-13-11-24,30-21-18-27-15-8-5-2)31-22-19-28-16-9-6-3/h25H,4-24H2,1-3H3. The summed E-state index contributed by atoms with van der Waals surface area (Å²) in [4.78, 5) is 0. The minimum Gasteiger partial charge on any atom is -0.379 e. The third-order valence-electron chi connectivity index (χ3n) is 4.73. The van der Waals surface area contributed by atoms with E-state index in [4.69, 9.17) is 33.2 Å². The molecule has 0 aliphatic rings. The zero-order chi connectivity index (χ0) is 23.6. The molecule has 0 bridgehead atoms. The number of unbranched alkanes of at least 4 members (excludes halogenated alkanes) is 3. The van der Waals surface area contributed by atoms with Crippen LogP contribution in [0.15, 0.2) is 0 Å². The Morgan fingerprint density at radius 1 is 0.562 bits per heavy atom. The highest BCUT2D eigenvalue weighted by atomic mass is 28.4. The first-order chi connectivity index (χ1) is 15.7. The maximum absolute atomic E-state index is 6.28. The van der Waals surface area contributed by atoms with E-state index in [1.165, 1.54) is 0 Å². The second-order valence-corrected chi connectivity index (χ2v) is 10.5. The molecule has 0 aliphatic heterocycles. The predicted molar refractivity (Wildman–Crippen MR) is 132 cm³/mol. The maximum atomic E-state index is 6.28. The van der Waals surface area contributed by atoms with Crippen LogP contribution < -0.4 is 11.1 Å². The summed E-state index contributed by atoms with van der Waals surface area (Å²) in [5.41, 5.74) is 5.57. The van der Waals surface area contributed by atoms with Crippen molar-refractivity contribution in [2.75, 3.05) is 79.1 Å². The van der Waals surface area contributed by atoms with E-state index in [1.807, 2.05) is 0 Å². The molecule has 0 atom stereocenters. The summed E-state index contributed by atoms with van der Waals surface area (Å²) in [5, 5.41) is 3.34. The number of ether oxygens (including phenoxy) is 3. The van der Waals surface area contributed by atoms with Gasteiger partial charge in [0.2, 0.25) is 0 Å². The molecular formula is C23H52N2O6Si. The molecule has 0 unspecified atom stereocenters. The van der Waals surface area contributed by atoms with Gasteiger partial charge < -0.3 is 38.5 Å². The molecule has 8 nitrogen and oxygen atoms in total. The van der Waals surface area contributed by atoms with Gasteiger partial charge in [-0.15, -0.1) is 0 Å². The van der Waals surface area contributed by atoms with Gasteiger partial charge in [-0.05, 0) is 32.2 Å². The lowest BCUT2D eigenvalue weighted by Gasteiger charge is -2.30. The first kappa shape index (κ1) is 31.9. The van der Waals surface area contributed by atoms with Crippen molar-refractivity contribution in [3.05, 3.63) is 0 Å². The Kier molecular flexibility index (Phi) is 25.4. The van der Waals surface area contributed by atoms with Gasteiger partial charge in [-0.3, -0.25) is 0 Å². The first-order valence-corrected chi connectivity index (χ1v) is 14.7. The van der Waals surface area contributed by atoms with Crippen LogP contribution >= 0.6 is 0 Å². The Balaban J connectivity index is 4.72. The van der Waals surface area contributed by atoms with Crippen LogP contribution in [0.4, 0.5) is 0 Å². The molecule has 0 saturated heterocycles. The quantitative estimate of drug-likeness (QED) is 0.137. The number of nitrogens with two attached hydrogens (primary N) is 1. The molecule has 0 rings (SSSR count). The fourth-order valence-corrected chi connectivity index (χ4v) is 5.29. The lowest BCUT2D eigenvalue weighted by molar-refractivity contribution is -0.000295. The summed E-state index contributed by atoms with van der Waals surface area (Å²) < 4.78 is 35.9. The average molecular weight is 481 g/mol. The minimum absolute atomic E-state index is 0.472. The highest BCUT2D eigenvalue weighted by molar-refractivity contribution is 6.60. The number of nitrogens with one attached hydrogen (secondary N) is 1. The van der Waals surface area contributed by atoms with Crippen molar-refractivity contribution < 1.29 is 27.5 Å². The van der Waals surface area contributed by atoms with Crippen LogP contribution in [0.2, 0.25) is 6.04 Å². The van der Waals surface area contributed by atoms with Gasteiger partial charge in [0.15, 0.2) is 0 Å². The van der Waals surface area contributed by atoms with Crippen LogP contribution in [0.1, 0.15) is 65.7 Å². The van der Waals surface area contributed by atoms with E-state index in [2.05, 4.69) is 26.1 Å². The van der Waals surface area contributed by atoms with Gasteiger partial charge in [0.1, 0.15) is 0 Å². The Morgan fingerprint density at radius 2 is 1.00 bits per heavy atom. The normalized spacial score (nSPS) is 12.0. The van der Waals surface area contributed by atoms with E-state index in [0.717, 1.165) is 83.9 Å². The van der Waals surface area contributed by atoms with Crippen molar-refractivity contribution in [1.29, 1.82) is 0 Å². The highest BCUT2D eigenvalue weighted by Crippen LogP contribution is 2.18. The zero-order valence-electron chi connectivity index (χ0n) is 21.2. The van der Waals surface area contributed by atoms with Crippen molar-refractivity contribution in [1.82, 2.24) is 5.32 Å². The summed E-state index contributed by atoms with van der Waals surface area (Å²) in [6.45, 7) is 14.1. The molecule has 3 N–H and O–H groups in total. The molecule has 0 spiro atoms. The van der Waals surface area contributed by atoms with Gasteiger partial charge in [-0.2, -0.15) is 0 Å². The summed E-state index contributed by atoms with van der Waals surface area (Å²) in [6, 6.07) is 0.740. The molecule has 0 radical (unpaired) electrons. The fraction of sp³-hybridized carbons (Fsp3) is 1.00. The van der Waals surface area contributed by atoms with Crippen molar-refractivity contribution in [2.24, 2.45) is 5.73 Å². The van der Waals surface area contributed by atoms with Gasteiger partial charge in [0.25, 0.3) is 0 Å². The molecule has 32 heavy (non-hydrogen) atoms. The number of hydrogen-bond acceptors (Lipinski definition) is 8. The topological polar surface area (TPSA) is 93.4 Å². The molecule has 0 saturated carbocycles. The molecule has 9 heteroatoms. The lowest BCUT2D eigenvalue weighted by atomic mass is 10.4. The van der Waals surface area contributed by atoms with E-state index < -0.39 is 8.80 Å². The maximum Gasteiger partial charge on any atom is 0.501 e. The first-order valence-electron chi connectivity index (χ1n) is 12.8. The zero-order valence-corrected chi connectivity index (χ0v) is 22.2. The van der Waals surface area contributed by atoms with E-state index in [-0.39, 0.29) is 0 Å². The molecule has 0 aromatic heterocycles. The van der Waals surface area contributed by atoms with E-state index >= 15 is 0 Å². The largest absolute Gasteiger partial charge is 0.501 e. The molecule has 194 valence electrons. The van der Waals surface area contributed by atoms with Gasteiger partial charge in [0.05, 0.1) is 39.6 Å². The molecule has 0 heterocycles. The Hall–Kier alpha value is -0.103. The summed E-state index contributed by atoms with van der Waals surface area (Å²) >= 11 is 0. The molecule has 0 aromatic carbocycles. The van der Waals surface area contributed by atoms with Gasteiger partial charge in [-0.1, -0.05) is 40.0 Å². The lowest BCUT2D eigenvalue weighted by Crippen LogP contribution is -2.48. The minimum atomic E-state index is -2.87. The van der Waals surface area contributed by atoms with Gasteiger partial charge in [0, 0.05) is 39.0 Å². The summed E-state index contributed by atoms with van der Waals surface area (Å²) in [6.07, 6.45) is 7.45. The van der Waals surface area contributed by atoms with Crippen molar-refractivity contribution >= 4 is 8.80 Å². The Labute approximate surface area is 198 Å². The molecule has 0 aromatic rings. The van der Waals surface area contributed by atoms with Gasteiger partial charge in [-0.25, -0.2) is 0 Å². The van der Waals surface area contributed by atoms with E-state index in [0.29, 0.717) is 46.2 Å². The molecular weight excluding hydrogens is 428 g/mol. The predicted octanol–water partition coefficient (Wildman–Crippen LogP) is 3.36. The van der Waals surface area contributed by atoms with Crippen molar-refractivity contribution in [2.45, 2.75) is 71.8 Å². The Morgan fingerprint density at radius 3 is 1.38 bits per heavy atom. The third-order valence-corrected chi connectivity index (χ3v) is 7.63. The summed E-state index contributed by atoms with van der Waals surface area (Å²) in [5.74, 6) is 0. The SMILES string of the molecule is CCCCOCCO[Si](CCCNCCN)(OCCOCCCC)OCCOCCCC. The average Bonchev–Trinajstić information content (AvgIpc) is 2.80. The Bertz CT molecular complexity index is 329. The van der Waals surface area contributed by atoms with E-state index in [1.54, 1.807) is 0 Å². The highest BCUT2D eigenvalue weighted by Gasteiger charge is 2.40. The number of rotatable bonds is 27. The number of hydrogen-bond donors (Lipinski definition) is 2. The molecule has 0 fully saturated rings. The summed E-state index contributed by atoms with van der Waals surface area (Å²) in [7, 11) is -2.87. The monoisotopic (exact) mass is 480 g/mol. The van der Waals surface area contributed by atoms with Gasteiger partial charge >= 0.3 is 8.80 Å². The van der Waals surface area contributed by atoms with Crippen LogP contribution in [0.3, 0.4) is 0 Å². The van der Waals surface area contributed by atoms with Crippen LogP contribution in [-0.2, 0) is 27.5 Å². The van der Waals surface area contributed by atoms with E-state index in [9.17, 15) is 0 Å².